The third-order valence-corrected chi connectivity index (χ3v) is 3.50. The van der Waals surface area contributed by atoms with Crippen molar-refractivity contribution in [2.24, 2.45) is 5.73 Å². The molecule has 0 saturated carbocycles. The number of nitrogens with zero attached hydrogens (tertiary/aromatic N) is 1. The van der Waals surface area contributed by atoms with Crippen LogP contribution in [0.5, 0.6) is 0 Å². The van der Waals surface area contributed by atoms with Crippen LogP contribution in [-0.4, -0.2) is 76.6 Å². The number of carboxylic acid groups (broad SMARTS) is 1. The lowest BCUT2D eigenvalue weighted by atomic mass is 10.1. The smallest absolute Gasteiger partial charge is 0.322 e. The first-order valence-corrected chi connectivity index (χ1v) is 7.25. The van der Waals surface area contributed by atoms with Crippen LogP contribution >= 0.6 is 0 Å². The molecule has 0 aliphatic carbocycles. The minimum absolute atomic E-state index is 0.283. The Morgan fingerprint density at radius 1 is 1.35 bits per heavy atom. The van der Waals surface area contributed by atoms with Crippen molar-refractivity contribution in [2.75, 3.05) is 19.6 Å². The number of nitrogens with two attached hydrogens (primary N) is 1. The van der Waals surface area contributed by atoms with Crippen molar-refractivity contribution < 1.29 is 29.4 Å². The molecule has 6 N–H and O–H groups in total. The summed E-state index contributed by atoms with van der Waals surface area (Å²) >= 11 is 0. The van der Waals surface area contributed by atoms with Crippen molar-refractivity contribution >= 4 is 23.7 Å². The average molecular weight is 330 g/mol. The van der Waals surface area contributed by atoms with Gasteiger partial charge in [-0.1, -0.05) is 0 Å². The number of hydrogen-bond donors (Lipinski definition) is 5. The Balaban J connectivity index is 2.79. The van der Waals surface area contributed by atoms with Crippen LogP contribution in [-0.2, 0) is 19.2 Å². The number of amides is 3. The second kappa shape index (κ2) is 8.44. The van der Waals surface area contributed by atoms with Crippen LogP contribution < -0.4 is 16.4 Å². The summed E-state index contributed by atoms with van der Waals surface area (Å²) in [6.07, 6.45) is -0.218. The highest BCUT2D eigenvalue weighted by atomic mass is 16.4. The Hall–Kier alpha value is -2.20. The van der Waals surface area contributed by atoms with Gasteiger partial charge < -0.3 is 31.5 Å². The predicted molar refractivity (Wildman–Crippen MR) is 78.0 cm³/mol. The summed E-state index contributed by atoms with van der Waals surface area (Å²) in [5.74, 6) is -2.97. The molecule has 0 aromatic rings. The number of carboxylic acids is 1. The number of aliphatic carboxylic acids is 1. The van der Waals surface area contributed by atoms with Gasteiger partial charge in [-0.15, -0.1) is 0 Å². The highest BCUT2D eigenvalue weighted by molar-refractivity contribution is 5.93. The van der Waals surface area contributed by atoms with Crippen LogP contribution in [0.25, 0.3) is 0 Å². The Morgan fingerprint density at radius 2 is 2.00 bits per heavy atom. The molecule has 0 radical (unpaired) electrons. The second-order valence-electron chi connectivity index (χ2n) is 5.29. The number of hydrogen-bond acceptors (Lipinski definition) is 6. The molecule has 0 bridgehead atoms. The molecule has 0 spiro atoms. The van der Waals surface area contributed by atoms with Crippen molar-refractivity contribution in [1.82, 2.24) is 15.5 Å². The highest BCUT2D eigenvalue weighted by Crippen LogP contribution is 2.19. The van der Waals surface area contributed by atoms with Gasteiger partial charge in [0.1, 0.15) is 18.6 Å². The van der Waals surface area contributed by atoms with Crippen molar-refractivity contribution in [3.05, 3.63) is 0 Å². The fourth-order valence-corrected chi connectivity index (χ4v) is 2.38. The summed E-state index contributed by atoms with van der Waals surface area (Å²) < 4.78 is 0. The minimum Gasteiger partial charge on any atom is -0.480 e. The maximum absolute atomic E-state index is 12.5. The monoisotopic (exact) mass is 330 g/mol. The lowest BCUT2D eigenvalue weighted by Crippen LogP contribution is -2.57. The Kier molecular flexibility index (Phi) is 6.91. The number of likely N-dealkylation sites (tertiary alicyclic amines) is 1. The van der Waals surface area contributed by atoms with Gasteiger partial charge in [-0.25, -0.2) is 0 Å². The van der Waals surface area contributed by atoms with E-state index in [1.807, 2.05) is 0 Å². The number of aliphatic hydroxyl groups excluding tert-OH is 1. The fraction of sp³-hybridized carbons (Fsp3) is 0.692. The zero-order valence-corrected chi connectivity index (χ0v) is 12.8. The summed E-state index contributed by atoms with van der Waals surface area (Å²) in [7, 11) is 0. The van der Waals surface area contributed by atoms with E-state index in [9.17, 15) is 24.3 Å². The van der Waals surface area contributed by atoms with E-state index in [0.717, 1.165) is 0 Å². The lowest BCUT2D eigenvalue weighted by Gasteiger charge is -2.29. The molecule has 0 aromatic heterocycles. The number of aliphatic hydroxyl groups is 1. The molecule has 1 fully saturated rings. The number of nitrogens with one attached hydrogen (secondary N) is 2. The summed E-state index contributed by atoms with van der Waals surface area (Å²) in [5.41, 5.74) is 5.18. The topological polar surface area (TPSA) is 162 Å². The van der Waals surface area contributed by atoms with E-state index >= 15 is 0 Å². The van der Waals surface area contributed by atoms with Gasteiger partial charge in [0.25, 0.3) is 0 Å². The highest BCUT2D eigenvalue weighted by Gasteiger charge is 2.39. The van der Waals surface area contributed by atoms with E-state index in [-0.39, 0.29) is 13.1 Å². The Labute approximate surface area is 133 Å². The lowest BCUT2D eigenvalue weighted by molar-refractivity contribution is -0.144. The molecule has 3 atom stereocenters. The van der Waals surface area contributed by atoms with E-state index in [4.69, 9.17) is 10.8 Å². The normalized spacial score (nSPS) is 19.8. The molecule has 1 heterocycles. The van der Waals surface area contributed by atoms with Crippen LogP contribution in [0.15, 0.2) is 0 Å². The van der Waals surface area contributed by atoms with Gasteiger partial charge in [-0.05, 0) is 19.8 Å². The van der Waals surface area contributed by atoms with E-state index in [1.165, 1.54) is 11.8 Å². The van der Waals surface area contributed by atoms with Crippen molar-refractivity contribution in [3.8, 4) is 0 Å². The first-order chi connectivity index (χ1) is 10.8. The van der Waals surface area contributed by atoms with E-state index < -0.39 is 48.4 Å². The Bertz CT molecular complexity index is 481. The van der Waals surface area contributed by atoms with Crippen LogP contribution in [0.4, 0.5) is 0 Å². The van der Waals surface area contributed by atoms with Crippen LogP contribution in [0.1, 0.15) is 19.8 Å². The maximum Gasteiger partial charge on any atom is 0.322 e. The van der Waals surface area contributed by atoms with Gasteiger partial charge in [0, 0.05) is 6.54 Å². The molecule has 1 aliphatic rings. The van der Waals surface area contributed by atoms with Crippen LogP contribution in [0.2, 0.25) is 0 Å². The molecular formula is C13H22N4O6. The van der Waals surface area contributed by atoms with Crippen molar-refractivity contribution in [1.29, 1.82) is 0 Å². The zero-order valence-electron chi connectivity index (χ0n) is 12.8. The molecule has 3 amide bonds. The standard InChI is InChI=1S/C13H22N4O6/c1-7(18)11(16-9(19)5-14)13(23)17-4-2-3-8(17)12(22)15-6-10(20)21/h7-8,11,18H,2-6,14H2,1H3,(H,15,22)(H,16,19)(H,20,21). The molecule has 0 aromatic carbocycles. The predicted octanol–water partition coefficient (Wildman–Crippen LogP) is -3.00. The third-order valence-electron chi connectivity index (χ3n) is 3.50. The van der Waals surface area contributed by atoms with Crippen LogP contribution in [0, 0.1) is 0 Å². The van der Waals surface area contributed by atoms with Gasteiger partial charge in [0.2, 0.25) is 17.7 Å². The SMILES string of the molecule is CC(O)C(NC(=O)CN)C(=O)N1CCCC1C(=O)NCC(=O)O. The van der Waals surface area contributed by atoms with Gasteiger partial charge in [0.15, 0.2) is 0 Å². The maximum atomic E-state index is 12.5. The number of carbonyl (C=O) groups excluding carboxylic acids is 3. The molecule has 23 heavy (non-hydrogen) atoms. The molecule has 1 aliphatic heterocycles. The first kappa shape index (κ1) is 18.8. The van der Waals surface area contributed by atoms with Crippen molar-refractivity contribution in [3.63, 3.8) is 0 Å². The largest absolute Gasteiger partial charge is 0.480 e. The zero-order chi connectivity index (χ0) is 17.6. The molecule has 1 saturated heterocycles. The first-order valence-electron chi connectivity index (χ1n) is 7.25. The summed E-state index contributed by atoms with van der Waals surface area (Å²) in [4.78, 5) is 47.6. The minimum atomic E-state index is -1.21. The average Bonchev–Trinajstić information content (AvgIpc) is 2.98. The molecule has 3 unspecified atom stereocenters. The van der Waals surface area contributed by atoms with E-state index in [1.54, 1.807) is 0 Å². The molecular weight excluding hydrogens is 308 g/mol. The molecule has 10 nitrogen and oxygen atoms in total. The van der Waals surface area contributed by atoms with Gasteiger partial charge in [0.05, 0.1) is 12.6 Å². The fourth-order valence-electron chi connectivity index (χ4n) is 2.38. The molecule has 10 heteroatoms. The van der Waals surface area contributed by atoms with E-state index in [0.29, 0.717) is 12.8 Å². The second-order valence-corrected chi connectivity index (χ2v) is 5.29. The summed E-state index contributed by atoms with van der Waals surface area (Å²) in [6.45, 7) is 0.751. The third kappa shape index (κ3) is 5.18. The Morgan fingerprint density at radius 3 is 2.52 bits per heavy atom. The van der Waals surface area contributed by atoms with Gasteiger partial charge in [-0.2, -0.15) is 0 Å². The number of carbonyl (C=O) groups is 4. The van der Waals surface area contributed by atoms with Gasteiger partial charge >= 0.3 is 5.97 Å². The molecule has 1 rings (SSSR count). The summed E-state index contributed by atoms with van der Waals surface area (Å²) in [6, 6.07) is -2.03. The van der Waals surface area contributed by atoms with Crippen molar-refractivity contribution in [2.45, 2.75) is 38.0 Å². The van der Waals surface area contributed by atoms with Gasteiger partial charge in [-0.3, -0.25) is 19.2 Å². The summed E-state index contributed by atoms with van der Waals surface area (Å²) in [5, 5.41) is 22.8. The quantitative estimate of drug-likeness (QED) is 0.332. The molecule has 130 valence electrons. The van der Waals surface area contributed by atoms with Crippen LogP contribution in [0.3, 0.4) is 0 Å². The van der Waals surface area contributed by atoms with E-state index in [2.05, 4.69) is 10.6 Å². The number of rotatable bonds is 7.